The molecule has 0 saturated carbocycles. The second kappa shape index (κ2) is 5.47. The maximum atomic E-state index is 11.6. The summed E-state index contributed by atoms with van der Waals surface area (Å²) in [5.41, 5.74) is 5.76. The van der Waals surface area contributed by atoms with Crippen molar-refractivity contribution in [1.29, 1.82) is 0 Å². The first-order valence-corrected chi connectivity index (χ1v) is 5.81. The van der Waals surface area contributed by atoms with Crippen LogP contribution >= 0.6 is 0 Å². The molecule has 0 aromatic rings. The van der Waals surface area contributed by atoms with Crippen molar-refractivity contribution in [2.45, 2.75) is 51.2 Å². The van der Waals surface area contributed by atoms with E-state index in [9.17, 15) is 4.79 Å². The number of carbonyl (C=O) groups is 1. The Labute approximate surface area is 92.2 Å². The molecule has 0 aromatic heterocycles. The maximum absolute atomic E-state index is 11.6. The van der Waals surface area contributed by atoms with E-state index in [4.69, 9.17) is 5.73 Å². The van der Waals surface area contributed by atoms with Gasteiger partial charge < -0.3 is 11.1 Å². The number of nitrogens with two attached hydrogens (primary N) is 1. The molecule has 0 aromatic carbocycles. The molecule has 4 heteroatoms. The summed E-state index contributed by atoms with van der Waals surface area (Å²) in [5.74, 6) is 0.0854. The Hall–Kier alpha value is -0.610. The predicted octanol–water partition coefficient (Wildman–Crippen LogP) is 0.323. The monoisotopic (exact) mass is 213 g/mol. The maximum Gasteiger partial charge on any atom is 0.236 e. The summed E-state index contributed by atoms with van der Waals surface area (Å²) in [4.78, 5) is 13.9. The largest absolute Gasteiger partial charge is 0.358 e. The summed E-state index contributed by atoms with van der Waals surface area (Å²) >= 11 is 0. The van der Waals surface area contributed by atoms with Crippen LogP contribution in [0, 0.1) is 0 Å². The Kier molecular flexibility index (Phi) is 4.54. The molecule has 0 spiro atoms. The average molecular weight is 213 g/mol. The van der Waals surface area contributed by atoms with Crippen LogP contribution in [0.1, 0.15) is 33.1 Å². The second-order valence-electron chi connectivity index (χ2n) is 4.41. The summed E-state index contributed by atoms with van der Waals surface area (Å²) in [7, 11) is 1.69. The van der Waals surface area contributed by atoms with Gasteiger partial charge >= 0.3 is 0 Å². The molecule has 3 atom stereocenters. The van der Waals surface area contributed by atoms with Crippen molar-refractivity contribution < 1.29 is 4.79 Å². The second-order valence-corrected chi connectivity index (χ2v) is 4.41. The lowest BCUT2D eigenvalue weighted by molar-refractivity contribution is -0.128. The molecule has 88 valence electrons. The molecule has 1 rings (SSSR count). The summed E-state index contributed by atoms with van der Waals surface area (Å²) in [6.45, 7) is 4.79. The van der Waals surface area contributed by atoms with E-state index in [-0.39, 0.29) is 11.9 Å². The fourth-order valence-electron chi connectivity index (χ4n) is 2.59. The van der Waals surface area contributed by atoms with Crippen molar-refractivity contribution in [2.75, 3.05) is 13.6 Å². The number of carbonyl (C=O) groups excluding carboxylic acids is 1. The zero-order valence-corrected chi connectivity index (χ0v) is 9.99. The van der Waals surface area contributed by atoms with E-state index in [0.717, 1.165) is 12.8 Å². The van der Waals surface area contributed by atoms with E-state index >= 15 is 0 Å². The van der Waals surface area contributed by atoms with Gasteiger partial charge in [0.15, 0.2) is 0 Å². The number of rotatable bonds is 3. The Morgan fingerprint density at radius 2 is 2.27 bits per heavy atom. The molecule has 4 nitrogen and oxygen atoms in total. The van der Waals surface area contributed by atoms with Crippen molar-refractivity contribution in [3.8, 4) is 0 Å². The Balaban J connectivity index is 2.72. The molecule has 0 radical (unpaired) electrons. The van der Waals surface area contributed by atoms with E-state index in [1.165, 1.54) is 6.42 Å². The van der Waals surface area contributed by atoms with Crippen LogP contribution in [0.15, 0.2) is 0 Å². The van der Waals surface area contributed by atoms with Gasteiger partial charge in [0.1, 0.15) is 0 Å². The van der Waals surface area contributed by atoms with Gasteiger partial charge in [-0.1, -0.05) is 6.42 Å². The van der Waals surface area contributed by atoms with Gasteiger partial charge in [0.2, 0.25) is 5.91 Å². The summed E-state index contributed by atoms with van der Waals surface area (Å²) in [5, 5.41) is 2.71. The molecule has 1 amide bonds. The SMILES string of the molecule is CNC(=O)C(C)N1C(C)CCCC1CN. The van der Waals surface area contributed by atoms with Gasteiger partial charge in [0, 0.05) is 25.7 Å². The highest BCUT2D eigenvalue weighted by atomic mass is 16.2. The van der Waals surface area contributed by atoms with Crippen molar-refractivity contribution in [3.05, 3.63) is 0 Å². The number of hydrogen-bond donors (Lipinski definition) is 2. The van der Waals surface area contributed by atoms with E-state index < -0.39 is 0 Å². The Morgan fingerprint density at radius 1 is 1.60 bits per heavy atom. The van der Waals surface area contributed by atoms with Gasteiger partial charge in [-0.15, -0.1) is 0 Å². The third-order valence-electron chi connectivity index (χ3n) is 3.43. The first kappa shape index (κ1) is 12.5. The lowest BCUT2D eigenvalue weighted by atomic mass is 9.94. The molecular formula is C11H23N3O. The minimum Gasteiger partial charge on any atom is -0.358 e. The zero-order valence-electron chi connectivity index (χ0n) is 9.99. The molecule has 3 unspecified atom stereocenters. The fraction of sp³-hybridized carbons (Fsp3) is 0.909. The smallest absolute Gasteiger partial charge is 0.236 e. The molecule has 1 aliphatic heterocycles. The Morgan fingerprint density at radius 3 is 2.80 bits per heavy atom. The van der Waals surface area contributed by atoms with Crippen LogP contribution in [0.4, 0.5) is 0 Å². The number of piperidine rings is 1. The number of likely N-dealkylation sites (tertiary alicyclic amines) is 1. The molecule has 0 bridgehead atoms. The third-order valence-corrected chi connectivity index (χ3v) is 3.43. The number of hydrogen-bond acceptors (Lipinski definition) is 3. The molecule has 0 aliphatic carbocycles. The highest BCUT2D eigenvalue weighted by Gasteiger charge is 2.33. The minimum absolute atomic E-state index is 0.0705. The van der Waals surface area contributed by atoms with Crippen LogP contribution in [0.25, 0.3) is 0 Å². The van der Waals surface area contributed by atoms with E-state index in [0.29, 0.717) is 18.6 Å². The molecule has 1 saturated heterocycles. The van der Waals surface area contributed by atoms with Crippen molar-refractivity contribution in [2.24, 2.45) is 5.73 Å². The minimum atomic E-state index is -0.0705. The molecule has 1 aliphatic rings. The van der Waals surface area contributed by atoms with E-state index in [1.807, 2.05) is 6.92 Å². The van der Waals surface area contributed by atoms with Crippen LogP contribution in [0.5, 0.6) is 0 Å². The van der Waals surface area contributed by atoms with Crippen molar-refractivity contribution in [3.63, 3.8) is 0 Å². The van der Waals surface area contributed by atoms with Crippen LogP contribution < -0.4 is 11.1 Å². The Bertz CT molecular complexity index is 220. The quantitative estimate of drug-likeness (QED) is 0.710. The summed E-state index contributed by atoms with van der Waals surface area (Å²) < 4.78 is 0. The van der Waals surface area contributed by atoms with Crippen LogP contribution in [-0.4, -0.2) is 42.5 Å². The number of nitrogens with zero attached hydrogens (tertiary/aromatic N) is 1. The first-order chi connectivity index (χ1) is 7.11. The van der Waals surface area contributed by atoms with Crippen LogP contribution in [-0.2, 0) is 4.79 Å². The van der Waals surface area contributed by atoms with E-state index in [1.54, 1.807) is 7.05 Å². The van der Waals surface area contributed by atoms with Gasteiger partial charge in [-0.2, -0.15) is 0 Å². The van der Waals surface area contributed by atoms with Crippen LogP contribution in [0.3, 0.4) is 0 Å². The van der Waals surface area contributed by atoms with Gasteiger partial charge in [0.05, 0.1) is 6.04 Å². The van der Waals surface area contributed by atoms with Gasteiger partial charge in [0.25, 0.3) is 0 Å². The van der Waals surface area contributed by atoms with Gasteiger partial charge in [-0.3, -0.25) is 9.69 Å². The summed E-state index contributed by atoms with van der Waals surface area (Å²) in [6, 6.07) is 0.750. The number of amides is 1. The van der Waals surface area contributed by atoms with Crippen molar-refractivity contribution >= 4 is 5.91 Å². The lowest BCUT2D eigenvalue weighted by Crippen LogP contribution is -2.56. The third kappa shape index (κ3) is 2.69. The predicted molar refractivity (Wildman–Crippen MR) is 61.5 cm³/mol. The highest BCUT2D eigenvalue weighted by molar-refractivity contribution is 5.81. The summed E-state index contributed by atoms with van der Waals surface area (Å²) in [6.07, 6.45) is 3.50. The van der Waals surface area contributed by atoms with Crippen LogP contribution in [0.2, 0.25) is 0 Å². The molecule has 3 N–H and O–H groups in total. The standard InChI is InChI=1S/C11H23N3O/c1-8-5-4-6-10(7-12)14(8)9(2)11(15)13-3/h8-10H,4-7,12H2,1-3H3,(H,13,15). The highest BCUT2D eigenvalue weighted by Crippen LogP contribution is 2.24. The number of nitrogens with one attached hydrogen (secondary N) is 1. The average Bonchev–Trinajstić information content (AvgIpc) is 2.26. The lowest BCUT2D eigenvalue weighted by Gasteiger charge is -2.43. The van der Waals surface area contributed by atoms with Gasteiger partial charge in [-0.25, -0.2) is 0 Å². The molecule has 1 heterocycles. The number of likely N-dealkylation sites (N-methyl/N-ethyl adjacent to an activating group) is 1. The topological polar surface area (TPSA) is 58.4 Å². The fourth-order valence-corrected chi connectivity index (χ4v) is 2.59. The molecule has 15 heavy (non-hydrogen) atoms. The van der Waals surface area contributed by atoms with Crippen molar-refractivity contribution in [1.82, 2.24) is 10.2 Å². The molecule has 1 fully saturated rings. The normalized spacial score (nSPS) is 29.9. The zero-order chi connectivity index (χ0) is 11.4. The first-order valence-electron chi connectivity index (χ1n) is 5.81. The van der Waals surface area contributed by atoms with E-state index in [2.05, 4.69) is 17.1 Å². The molecular weight excluding hydrogens is 190 g/mol. The van der Waals surface area contributed by atoms with Gasteiger partial charge in [-0.05, 0) is 26.7 Å².